The van der Waals surface area contributed by atoms with Crippen LogP contribution in [-0.4, -0.2) is 56.6 Å². The molecule has 1 amide bonds. The smallest absolute Gasteiger partial charge is 0.253 e. The number of thiazole rings is 1. The van der Waals surface area contributed by atoms with Crippen molar-refractivity contribution in [1.82, 2.24) is 9.88 Å². The van der Waals surface area contributed by atoms with Gasteiger partial charge in [0.1, 0.15) is 5.82 Å². The summed E-state index contributed by atoms with van der Waals surface area (Å²) in [5.74, 6) is -0.474. The summed E-state index contributed by atoms with van der Waals surface area (Å²) < 4.78 is 37.3. The Kier molecular flexibility index (Phi) is 4.80. The maximum absolute atomic E-state index is 13.0. The molecule has 0 atom stereocenters. The van der Waals surface area contributed by atoms with Gasteiger partial charge in [0.2, 0.25) is 0 Å². The average Bonchev–Trinajstić information content (AvgIpc) is 3.11. The van der Waals surface area contributed by atoms with Crippen LogP contribution < -0.4 is 4.90 Å². The number of fused-ring (bicyclic) bond motifs is 1. The number of aromatic nitrogens is 1. The fraction of sp³-hybridized carbons (Fsp3) is 0.263. The largest absolute Gasteiger partial charge is 0.345 e. The van der Waals surface area contributed by atoms with E-state index in [1.807, 2.05) is 0 Å². The first-order valence-electron chi connectivity index (χ1n) is 8.72. The van der Waals surface area contributed by atoms with Gasteiger partial charge in [-0.2, -0.15) is 0 Å². The Morgan fingerprint density at radius 1 is 1.07 bits per heavy atom. The van der Waals surface area contributed by atoms with Gasteiger partial charge in [-0.15, -0.1) is 0 Å². The number of piperazine rings is 1. The van der Waals surface area contributed by atoms with Crippen LogP contribution >= 0.6 is 11.3 Å². The molecule has 1 aliphatic heterocycles. The van der Waals surface area contributed by atoms with E-state index < -0.39 is 9.84 Å². The zero-order chi connectivity index (χ0) is 19.9. The predicted octanol–water partition coefficient (Wildman–Crippen LogP) is 2.80. The van der Waals surface area contributed by atoms with Crippen LogP contribution in [0.5, 0.6) is 0 Å². The highest BCUT2D eigenvalue weighted by molar-refractivity contribution is 7.90. The van der Waals surface area contributed by atoms with Gasteiger partial charge in [0, 0.05) is 38.0 Å². The van der Waals surface area contributed by atoms with Gasteiger partial charge < -0.3 is 9.80 Å². The van der Waals surface area contributed by atoms with E-state index >= 15 is 0 Å². The summed E-state index contributed by atoms with van der Waals surface area (Å²) in [6.45, 7) is 2.35. The monoisotopic (exact) mass is 419 g/mol. The Morgan fingerprint density at radius 2 is 1.75 bits per heavy atom. The first-order chi connectivity index (χ1) is 13.3. The van der Waals surface area contributed by atoms with Gasteiger partial charge in [0.25, 0.3) is 5.91 Å². The lowest BCUT2D eigenvalue weighted by molar-refractivity contribution is 0.0746. The van der Waals surface area contributed by atoms with Crippen LogP contribution in [0.2, 0.25) is 0 Å². The van der Waals surface area contributed by atoms with Crippen molar-refractivity contribution < 1.29 is 17.6 Å². The van der Waals surface area contributed by atoms with Gasteiger partial charge in [0.05, 0.1) is 15.1 Å². The van der Waals surface area contributed by atoms with E-state index in [2.05, 4.69) is 9.88 Å². The third-order valence-corrected chi connectivity index (χ3v) is 6.89. The number of sulfone groups is 1. The van der Waals surface area contributed by atoms with E-state index in [-0.39, 0.29) is 16.6 Å². The fourth-order valence-corrected chi connectivity index (χ4v) is 4.91. The SMILES string of the molecule is CS(=O)(=O)c1ccc2nc(N3CCN(C(=O)c4ccc(F)cc4)CC3)sc2c1. The van der Waals surface area contributed by atoms with Crippen LogP contribution in [0.3, 0.4) is 0 Å². The van der Waals surface area contributed by atoms with Crippen molar-refractivity contribution in [1.29, 1.82) is 0 Å². The minimum atomic E-state index is -3.26. The molecule has 2 aromatic carbocycles. The quantitative estimate of drug-likeness (QED) is 0.653. The molecule has 9 heteroatoms. The molecule has 3 aromatic rings. The summed E-state index contributed by atoms with van der Waals surface area (Å²) in [4.78, 5) is 21.3. The molecule has 0 bridgehead atoms. The van der Waals surface area contributed by atoms with E-state index in [0.29, 0.717) is 31.7 Å². The molecule has 0 aliphatic carbocycles. The van der Waals surface area contributed by atoms with Crippen LogP contribution in [-0.2, 0) is 9.84 Å². The molecule has 0 N–H and O–H groups in total. The second kappa shape index (κ2) is 7.14. The molecule has 1 aliphatic rings. The molecular weight excluding hydrogens is 401 g/mol. The molecule has 0 radical (unpaired) electrons. The maximum Gasteiger partial charge on any atom is 0.253 e. The minimum Gasteiger partial charge on any atom is -0.345 e. The van der Waals surface area contributed by atoms with E-state index in [1.165, 1.54) is 41.9 Å². The highest BCUT2D eigenvalue weighted by Crippen LogP contribution is 2.31. The zero-order valence-corrected chi connectivity index (χ0v) is 16.8. The number of carbonyl (C=O) groups excluding carboxylic acids is 1. The number of hydrogen-bond donors (Lipinski definition) is 0. The van der Waals surface area contributed by atoms with Crippen molar-refractivity contribution in [2.45, 2.75) is 4.90 Å². The third-order valence-electron chi connectivity index (χ3n) is 4.71. The van der Waals surface area contributed by atoms with Gasteiger partial charge in [0.15, 0.2) is 15.0 Å². The molecular formula is C19H18FN3O3S2. The summed E-state index contributed by atoms with van der Waals surface area (Å²) in [7, 11) is -3.26. The van der Waals surface area contributed by atoms with E-state index in [9.17, 15) is 17.6 Å². The Hall–Kier alpha value is -2.52. The number of benzene rings is 2. The topological polar surface area (TPSA) is 70.6 Å². The van der Waals surface area contributed by atoms with Crippen molar-refractivity contribution in [3.63, 3.8) is 0 Å². The lowest BCUT2D eigenvalue weighted by Crippen LogP contribution is -2.48. The van der Waals surface area contributed by atoms with Gasteiger partial charge in [-0.05, 0) is 42.5 Å². The number of halogens is 1. The highest BCUT2D eigenvalue weighted by atomic mass is 32.2. The van der Waals surface area contributed by atoms with Crippen LogP contribution in [0.25, 0.3) is 10.2 Å². The summed E-state index contributed by atoms with van der Waals surface area (Å²) in [6.07, 6.45) is 1.19. The van der Waals surface area contributed by atoms with E-state index in [1.54, 1.807) is 23.1 Å². The van der Waals surface area contributed by atoms with E-state index in [4.69, 9.17) is 0 Å². The third kappa shape index (κ3) is 3.72. The second-order valence-corrected chi connectivity index (χ2v) is 9.71. The van der Waals surface area contributed by atoms with Crippen LogP contribution in [0.15, 0.2) is 47.4 Å². The van der Waals surface area contributed by atoms with E-state index in [0.717, 1.165) is 15.3 Å². The molecule has 0 unspecified atom stereocenters. The molecule has 1 saturated heterocycles. The molecule has 1 aromatic heterocycles. The highest BCUT2D eigenvalue weighted by Gasteiger charge is 2.24. The number of amides is 1. The van der Waals surface area contributed by atoms with Crippen LogP contribution in [0.1, 0.15) is 10.4 Å². The van der Waals surface area contributed by atoms with Crippen molar-refractivity contribution in [2.75, 3.05) is 37.3 Å². The molecule has 4 rings (SSSR count). The van der Waals surface area contributed by atoms with Crippen molar-refractivity contribution >= 4 is 42.4 Å². The lowest BCUT2D eigenvalue weighted by Gasteiger charge is -2.34. The Bertz CT molecular complexity index is 1130. The number of hydrogen-bond acceptors (Lipinski definition) is 6. The Labute approximate surface area is 166 Å². The van der Waals surface area contributed by atoms with Crippen molar-refractivity contribution in [3.05, 3.63) is 53.8 Å². The Morgan fingerprint density at radius 3 is 2.39 bits per heavy atom. The first-order valence-corrected chi connectivity index (χ1v) is 11.4. The number of rotatable bonds is 3. The predicted molar refractivity (Wildman–Crippen MR) is 107 cm³/mol. The molecule has 146 valence electrons. The van der Waals surface area contributed by atoms with Crippen LogP contribution in [0, 0.1) is 5.82 Å². The van der Waals surface area contributed by atoms with Gasteiger partial charge in [-0.3, -0.25) is 4.79 Å². The normalized spacial score (nSPS) is 15.2. The number of carbonyl (C=O) groups is 1. The minimum absolute atomic E-state index is 0.109. The summed E-state index contributed by atoms with van der Waals surface area (Å²) in [6, 6.07) is 10.5. The van der Waals surface area contributed by atoms with Gasteiger partial charge in [-0.1, -0.05) is 11.3 Å². The summed E-state index contributed by atoms with van der Waals surface area (Å²) in [5, 5.41) is 0.814. The second-order valence-electron chi connectivity index (χ2n) is 6.68. The molecule has 1 fully saturated rings. The number of anilines is 1. The molecule has 2 heterocycles. The molecule has 0 saturated carbocycles. The Balaban J connectivity index is 1.47. The average molecular weight is 420 g/mol. The molecule has 28 heavy (non-hydrogen) atoms. The zero-order valence-electron chi connectivity index (χ0n) is 15.1. The molecule has 6 nitrogen and oxygen atoms in total. The lowest BCUT2D eigenvalue weighted by atomic mass is 10.2. The van der Waals surface area contributed by atoms with Gasteiger partial charge >= 0.3 is 0 Å². The number of nitrogens with zero attached hydrogens (tertiary/aromatic N) is 3. The standard InChI is InChI=1S/C19H18FN3O3S2/c1-28(25,26)15-6-7-16-17(12-15)27-19(21-16)23-10-8-22(9-11-23)18(24)13-2-4-14(20)5-3-13/h2-7,12H,8-11H2,1H3. The molecule has 0 spiro atoms. The summed E-state index contributed by atoms with van der Waals surface area (Å²) >= 11 is 1.45. The van der Waals surface area contributed by atoms with Crippen LogP contribution in [0.4, 0.5) is 9.52 Å². The summed E-state index contributed by atoms with van der Waals surface area (Å²) in [5.41, 5.74) is 1.24. The van der Waals surface area contributed by atoms with Crippen molar-refractivity contribution in [2.24, 2.45) is 0 Å². The fourth-order valence-electron chi connectivity index (χ4n) is 3.13. The maximum atomic E-state index is 13.0. The first kappa shape index (κ1) is 18.8. The van der Waals surface area contributed by atoms with Gasteiger partial charge in [-0.25, -0.2) is 17.8 Å². The van der Waals surface area contributed by atoms with Crippen molar-refractivity contribution in [3.8, 4) is 0 Å².